The van der Waals surface area contributed by atoms with Crippen LogP contribution in [-0.2, 0) is 0 Å². The highest BCUT2D eigenvalue weighted by Crippen LogP contribution is 2.12. The summed E-state index contributed by atoms with van der Waals surface area (Å²) in [6, 6.07) is 0.526. The number of likely N-dealkylation sites (N-methyl/N-ethyl adjacent to an activating group) is 1. The molecule has 0 spiro atoms. The first kappa shape index (κ1) is 12.9. The van der Waals surface area contributed by atoms with Gasteiger partial charge in [-0.05, 0) is 13.8 Å². The molecule has 1 aromatic rings. The molecule has 0 fully saturated rings. The average molecular weight is 222 g/mol. The zero-order valence-corrected chi connectivity index (χ0v) is 10.9. The van der Waals surface area contributed by atoms with Crippen LogP contribution in [0.25, 0.3) is 0 Å². The molecule has 0 aromatic carbocycles. The van der Waals surface area contributed by atoms with E-state index in [4.69, 9.17) is 0 Å². The number of anilines is 1. The van der Waals surface area contributed by atoms with Crippen LogP contribution < -0.4 is 10.2 Å². The third-order valence-corrected chi connectivity index (χ3v) is 2.41. The third-order valence-electron chi connectivity index (χ3n) is 2.41. The van der Waals surface area contributed by atoms with E-state index >= 15 is 0 Å². The topological polar surface area (TPSA) is 41.1 Å². The fourth-order valence-corrected chi connectivity index (χ4v) is 1.51. The number of aryl methyl sites for hydroxylation is 2. The highest BCUT2D eigenvalue weighted by Gasteiger charge is 2.07. The van der Waals surface area contributed by atoms with Crippen molar-refractivity contribution in [2.24, 2.45) is 0 Å². The molecule has 0 unspecified atom stereocenters. The summed E-state index contributed by atoms with van der Waals surface area (Å²) < 4.78 is 0. The third kappa shape index (κ3) is 3.77. The Morgan fingerprint density at radius 2 is 2.06 bits per heavy atom. The van der Waals surface area contributed by atoms with Gasteiger partial charge in [0.2, 0.25) is 0 Å². The highest BCUT2D eigenvalue weighted by atomic mass is 15.2. The summed E-state index contributed by atoms with van der Waals surface area (Å²) >= 11 is 0. The zero-order valence-electron chi connectivity index (χ0n) is 10.9. The summed E-state index contributed by atoms with van der Waals surface area (Å²) in [5.74, 6) is 0.977. The summed E-state index contributed by atoms with van der Waals surface area (Å²) in [7, 11) is 2.05. The number of nitrogens with zero attached hydrogens (tertiary/aromatic N) is 3. The van der Waals surface area contributed by atoms with Crippen molar-refractivity contribution in [3.05, 3.63) is 17.6 Å². The molecule has 0 bridgehead atoms. The van der Waals surface area contributed by atoms with Gasteiger partial charge in [-0.15, -0.1) is 0 Å². The number of hydrogen-bond acceptors (Lipinski definition) is 4. The zero-order chi connectivity index (χ0) is 12.1. The minimum atomic E-state index is 0.526. The molecule has 4 nitrogen and oxygen atoms in total. The molecular weight excluding hydrogens is 200 g/mol. The van der Waals surface area contributed by atoms with Crippen LogP contribution in [0.1, 0.15) is 25.2 Å². The van der Waals surface area contributed by atoms with Gasteiger partial charge >= 0.3 is 0 Å². The van der Waals surface area contributed by atoms with E-state index in [-0.39, 0.29) is 0 Å². The SMILES string of the molecule is Cc1cnc(C)c(N(C)CCNC(C)C)n1. The molecule has 1 heterocycles. The molecule has 4 heteroatoms. The van der Waals surface area contributed by atoms with E-state index in [1.807, 2.05) is 13.8 Å². The van der Waals surface area contributed by atoms with Crippen LogP contribution in [0, 0.1) is 13.8 Å². The Balaban J connectivity index is 2.58. The van der Waals surface area contributed by atoms with Crippen molar-refractivity contribution in [3.63, 3.8) is 0 Å². The fraction of sp³-hybridized carbons (Fsp3) is 0.667. The molecule has 1 N–H and O–H groups in total. The van der Waals surface area contributed by atoms with Gasteiger partial charge in [-0.3, -0.25) is 4.98 Å². The van der Waals surface area contributed by atoms with Crippen molar-refractivity contribution < 1.29 is 0 Å². The van der Waals surface area contributed by atoms with Gasteiger partial charge in [0.1, 0.15) is 5.82 Å². The molecule has 0 atom stereocenters. The monoisotopic (exact) mass is 222 g/mol. The highest BCUT2D eigenvalue weighted by molar-refractivity contribution is 5.42. The normalized spacial score (nSPS) is 10.9. The summed E-state index contributed by atoms with van der Waals surface area (Å²) in [6.45, 7) is 10.2. The molecular formula is C12H22N4. The quantitative estimate of drug-likeness (QED) is 0.820. The van der Waals surface area contributed by atoms with Crippen LogP contribution in [0.4, 0.5) is 5.82 Å². The standard InChI is InChI=1S/C12H22N4/c1-9(2)13-6-7-16(5)12-11(4)14-8-10(3)15-12/h8-9,13H,6-7H2,1-5H3. The molecule has 0 aliphatic heterocycles. The van der Waals surface area contributed by atoms with Crippen LogP contribution in [0.2, 0.25) is 0 Å². The van der Waals surface area contributed by atoms with E-state index in [1.54, 1.807) is 6.20 Å². The van der Waals surface area contributed by atoms with Gasteiger partial charge in [-0.25, -0.2) is 4.98 Å². The first-order chi connectivity index (χ1) is 7.50. The van der Waals surface area contributed by atoms with Crippen LogP contribution in [0.15, 0.2) is 6.20 Å². The van der Waals surface area contributed by atoms with Crippen LogP contribution in [0.5, 0.6) is 0 Å². The maximum absolute atomic E-state index is 4.51. The number of rotatable bonds is 5. The largest absolute Gasteiger partial charge is 0.357 e. The number of hydrogen-bond donors (Lipinski definition) is 1. The second-order valence-corrected chi connectivity index (χ2v) is 4.45. The Kier molecular flexibility index (Phi) is 4.68. The maximum Gasteiger partial charge on any atom is 0.150 e. The smallest absolute Gasteiger partial charge is 0.150 e. The molecule has 0 saturated heterocycles. The molecule has 90 valence electrons. The summed E-state index contributed by atoms with van der Waals surface area (Å²) in [5.41, 5.74) is 1.95. The van der Waals surface area contributed by atoms with E-state index in [0.29, 0.717) is 6.04 Å². The molecule has 1 rings (SSSR count). The molecule has 0 aliphatic rings. The second-order valence-electron chi connectivity index (χ2n) is 4.45. The molecule has 0 saturated carbocycles. The lowest BCUT2D eigenvalue weighted by Crippen LogP contribution is -2.33. The van der Waals surface area contributed by atoms with E-state index in [1.165, 1.54) is 0 Å². The fourth-order valence-electron chi connectivity index (χ4n) is 1.51. The minimum absolute atomic E-state index is 0.526. The van der Waals surface area contributed by atoms with Crippen molar-refractivity contribution in [1.29, 1.82) is 0 Å². The predicted molar refractivity (Wildman–Crippen MR) is 67.9 cm³/mol. The van der Waals surface area contributed by atoms with Crippen LogP contribution in [0.3, 0.4) is 0 Å². The van der Waals surface area contributed by atoms with Crippen molar-refractivity contribution in [1.82, 2.24) is 15.3 Å². The van der Waals surface area contributed by atoms with Crippen LogP contribution in [-0.4, -0.2) is 36.1 Å². The first-order valence-corrected chi connectivity index (χ1v) is 5.75. The van der Waals surface area contributed by atoms with Crippen molar-refractivity contribution in [2.45, 2.75) is 33.7 Å². The van der Waals surface area contributed by atoms with Crippen LogP contribution >= 0.6 is 0 Å². The number of nitrogens with one attached hydrogen (secondary N) is 1. The Hall–Kier alpha value is -1.16. The Morgan fingerprint density at radius 1 is 1.38 bits per heavy atom. The van der Waals surface area contributed by atoms with E-state index < -0.39 is 0 Å². The number of aromatic nitrogens is 2. The van der Waals surface area contributed by atoms with Gasteiger partial charge < -0.3 is 10.2 Å². The molecule has 16 heavy (non-hydrogen) atoms. The maximum atomic E-state index is 4.51. The summed E-state index contributed by atoms with van der Waals surface area (Å²) in [5, 5.41) is 3.39. The summed E-state index contributed by atoms with van der Waals surface area (Å²) in [6.07, 6.45) is 1.80. The molecule has 0 aliphatic carbocycles. The Morgan fingerprint density at radius 3 is 2.69 bits per heavy atom. The lowest BCUT2D eigenvalue weighted by Gasteiger charge is -2.20. The average Bonchev–Trinajstić information content (AvgIpc) is 2.21. The van der Waals surface area contributed by atoms with Crippen molar-refractivity contribution in [2.75, 3.05) is 25.0 Å². The van der Waals surface area contributed by atoms with Crippen molar-refractivity contribution >= 4 is 5.82 Å². The van der Waals surface area contributed by atoms with Gasteiger partial charge in [-0.2, -0.15) is 0 Å². The summed E-state index contributed by atoms with van der Waals surface area (Å²) in [4.78, 5) is 11.0. The lowest BCUT2D eigenvalue weighted by atomic mass is 10.3. The van der Waals surface area contributed by atoms with E-state index in [9.17, 15) is 0 Å². The van der Waals surface area contributed by atoms with E-state index in [0.717, 1.165) is 30.3 Å². The Bertz CT molecular complexity index is 336. The van der Waals surface area contributed by atoms with Crippen molar-refractivity contribution in [3.8, 4) is 0 Å². The lowest BCUT2D eigenvalue weighted by molar-refractivity contribution is 0.588. The molecule has 1 aromatic heterocycles. The van der Waals surface area contributed by atoms with Gasteiger partial charge in [0.05, 0.1) is 11.4 Å². The van der Waals surface area contributed by atoms with Gasteiger partial charge in [0, 0.05) is 32.4 Å². The van der Waals surface area contributed by atoms with Gasteiger partial charge in [0.25, 0.3) is 0 Å². The minimum Gasteiger partial charge on any atom is -0.357 e. The second kappa shape index (κ2) is 5.80. The first-order valence-electron chi connectivity index (χ1n) is 5.75. The molecule has 0 amide bonds. The Labute approximate surface area is 98.1 Å². The van der Waals surface area contributed by atoms with Gasteiger partial charge in [-0.1, -0.05) is 13.8 Å². The predicted octanol–water partition coefficient (Wildman–Crippen LogP) is 1.53. The van der Waals surface area contributed by atoms with E-state index in [2.05, 4.69) is 41.1 Å². The molecule has 0 radical (unpaired) electrons. The van der Waals surface area contributed by atoms with Gasteiger partial charge in [0.15, 0.2) is 0 Å².